The van der Waals surface area contributed by atoms with Gasteiger partial charge >= 0.3 is 7.44 Å². The standard InChI is InChI=1S/C5H7N6OP/c1-13(12,10-4-6-2-8-10)11-5-7-3-9-11/h2-5H,1H3. The molecule has 0 saturated carbocycles. The van der Waals surface area contributed by atoms with Gasteiger partial charge < -0.3 is 0 Å². The minimum absolute atomic E-state index is 1.28. The van der Waals surface area contributed by atoms with Crippen molar-refractivity contribution in [3.8, 4) is 0 Å². The quantitative estimate of drug-likeness (QED) is 0.639. The van der Waals surface area contributed by atoms with Gasteiger partial charge in [-0.1, -0.05) is 0 Å². The third kappa shape index (κ3) is 1.27. The smallest absolute Gasteiger partial charge is 0.272 e. The highest BCUT2D eigenvalue weighted by atomic mass is 31.2. The van der Waals surface area contributed by atoms with Crippen LogP contribution in [0.3, 0.4) is 0 Å². The van der Waals surface area contributed by atoms with Gasteiger partial charge in [-0.25, -0.2) is 9.97 Å². The predicted octanol–water partition coefficient (Wildman–Crippen LogP) is 0.0889. The lowest BCUT2D eigenvalue weighted by atomic mass is 11.3. The van der Waals surface area contributed by atoms with E-state index in [2.05, 4.69) is 20.2 Å². The van der Waals surface area contributed by atoms with Crippen molar-refractivity contribution in [3.05, 3.63) is 25.3 Å². The first kappa shape index (κ1) is 8.12. The second-order valence-electron chi connectivity index (χ2n) is 2.47. The summed E-state index contributed by atoms with van der Waals surface area (Å²) >= 11 is 0. The molecule has 7 nitrogen and oxygen atoms in total. The molecule has 0 atom stereocenters. The third-order valence-electron chi connectivity index (χ3n) is 1.57. The van der Waals surface area contributed by atoms with Crippen LogP contribution in [0.15, 0.2) is 25.3 Å². The largest absolute Gasteiger partial charge is 0.301 e. The van der Waals surface area contributed by atoms with Gasteiger partial charge in [-0.15, -0.1) is 0 Å². The van der Waals surface area contributed by atoms with E-state index in [0.29, 0.717) is 0 Å². The molecule has 0 bridgehead atoms. The first-order valence-corrected chi connectivity index (χ1v) is 5.55. The normalized spacial score (nSPS) is 11.8. The second kappa shape index (κ2) is 2.77. The zero-order valence-corrected chi connectivity index (χ0v) is 7.74. The van der Waals surface area contributed by atoms with E-state index in [9.17, 15) is 4.57 Å². The van der Waals surface area contributed by atoms with E-state index in [1.807, 2.05) is 0 Å². The highest BCUT2D eigenvalue weighted by molar-refractivity contribution is 7.59. The van der Waals surface area contributed by atoms with E-state index in [4.69, 9.17) is 0 Å². The molecule has 0 saturated heterocycles. The van der Waals surface area contributed by atoms with Crippen molar-refractivity contribution in [2.24, 2.45) is 0 Å². The summed E-state index contributed by atoms with van der Waals surface area (Å²) in [7, 11) is -2.82. The lowest BCUT2D eigenvalue weighted by Gasteiger charge is -2.10. The first-order valence-electron chi connectivity index (χ1n) is 3.50. The molecule has 2 heterocycles. The number of hydrogen-bond donors (Lipinski definition) is 0. The summed E-state index contributed by atoms with van der Waals surface area (Å²) in [5.41, 5.74) is 0. The lowest BCUT2D eigenvalue weighted by molar-refractivity contribution is 0.554. The van der Waals surface area contributed by atoms with Crippen molar-refractivity contribution in [1.29, 1.82) is 0 Å². The first-order chi connectivity index (χ1) is 6.21. The molecule has 0 unspecified atom stereocenters. The third-order valence-corrected chi connectivity index (χ3v) is 3.51. The highest BCUT2D eigenvalue weighted by Crippen LogP contribution is 2.41. The van der Waals surface area contributed by atoms with E-state index in [1.165, 1.54) is 40.9 Å². The van der Waals surface area contributed by atoms with Gasteiger partial charge in [0.05, 0.1) is 0 Å². The molecule has 0 aliphatic rings. The summed E-state index contributed by atoms with van der Waals surface area (Å²) in [5.74, 6) is 0. The van der Waals surface area contributed by atoms with E-state index in [-0.39, 0.29) is 0 Å². The second-order valence-corrected chi connectivity index (χ2v) is 4.96. The fraction of sp³-hybridized carbons (Fsp3) is 0.200. The zero-order valence-electron chi connectivity index (χ0n) is 6.85. The molecule has 0 amide bonds. The fourth-order valence-corrected chi connectivity index (χ4v) is 2.05. The van der Waals surface area contributed by atoms with Crippen LogP contribution in [-0.2, 0) is 4.57 Å². The van der Waals surface area contributed by atoms with Crippen molar-refractivity contribution in [3.63, 3.8) is 0 Å². The Kier molecular flexibility index (Phi) is 1.73. The summed E-state index contributed by atoms with van der Waals surface area (Å²) < 4.78 is 14.6. The van der Waals surface area contributed by atoms with Gasteiger partial charge in [-0.3, -0.25) is 4.57 Å². The molecule has 0 aliphatic heterocycles. The number of aromatic nitrogens is 6. The molecule has 8 heteroatoms. The van der Waals surface area contributed by atoms with E-state index in [1.54, 1.807) is 0 Å². The van der Waals surface area contributed by atoms with Crippen molar-refractivity contribution in [2.45, 2.75) is 0 Å². The van der Waals surface area contributed by atoms with E-state index < -0.39 is 7.44 Å². The van der Waals surface area contributed by atoms with Crippen LogP contribution in [0.25, 0.3) is 0 Å². The highest BCUT2D eigenvalue weighted by Gasteiger charge is 2.21. The fourth-order valence-electron chi connectivity index (χ4n) is 0.881. The molecule has 0 aliphatic carbocycles. The molecule has 2 rings (SSSR count). The average molecular weight is 198 g/mol. The summed E-state index contributed by atoms with van der Waals surface area (Å²) in [6, 6.07) is 0. The van der Waals surface area contributed by atoms with Gasteiger partial charge in [-0.2, -0.15) is 19.1 Å². The molecular formula is C5H7N6OP. The molecular weight excluding hydrogens is 191 g/mol. The van der Waals surface area contributed by atoms with Crippen LogP contribution in [-0.4, -0.2) is 35.7 Å². The van der Waals surface area contributed by atoms with Crippen LogP contribution in [0, 0.1) is 0 Å². The van der Waals surface area contributed by atoms with Gasteiger partial charge in [0.2, 0.25) is 0 Å². The number of hydrogen-bond acceptors (Lipinski definition) is 5. The Labute approximate surface area is 73.9 Å². The SMILES string of the molecule is CP(=O)(n1cncn1)n1cncn1. The van der Waals surface area contributed by atoms with Crippen LogP contribution >= 0.6 is 7.44 Å². The van der Waals surface area contributed by atoms with Crippen molar-refractivity contribution in [2.75, 3.05) is 6.66 Å². The maximum atomic E-state index is 12.1. The summed E-state index contributed by atoms with van der Waals surface area (Å²) in [6.07, 6.45) is 5.44. The summed E-state index contributed by atoms with van der Waals surface area (Å²) in [5, 5.41) is 7.60. The number of rotatable bonds is 2. The Morgan fingerprint density at radius 1 is 1.08 bits per heavy atom. The van der Waals surface area contributed by atoms with Gasteiger partial charge in [0, 0.05) is 6.66 Å². The monoisotopic (exact) mass is 198 g/mol. The topological polar surface area (TPSA) is 78.5 Å². The molecule has 0 spiro atoms. The maximum Gasteiger partial charge on any atom is 0.301 e. The Balaban J connectivity index is 2.49. The molecule has 0 radical (unpaired) electrons. The Bertz CT molecular complexity index is 382. The minimum atomic E-state index is -2.82. The van der Waals surface area contributed by atoms with Crippen molar-refractivity contribution >= 4 is 7.44 Å². The zero-order chi connectivity index (χ0) is 9.31. The molecule has 68 valence electrons. The van der Waals surface area contributed by atoms with Gasteiger partial charge in [0.1, 0.15) is 25.3 Å². The van der Waals surface area contributed by atoms with Gasteiger partial charge in [0.25, 0.3) is 0 Å². The maximum absolute atomic E-state index is 12.1. The van der Waals surface area contributed by atoms with Crippen molar-refractivity contribution in [1.82, 2.24) is 29.1 Å². The molecule has 0 fully saturated rings. The molecule has 0 N–H and O–H groups in total. The Morgan fingerprint density at radius 3 is 1.85 bits per heavy atom. The summed E-state index contributed by atoms with van der Waals surface area (Å²) in [4.78, 5) is 7.43. The Morgan fingerprint density at radius 2 is 1.54 bits per heavy atom. The molecule has 0 aromatic carbocycles. The predicted molar refractivity (Wildman–Crippen MR) is 44.4 cm³/mol. The van der Waals surface area contributed by atoms with Gasteiger partial charge in [-0.05, 0) is 0 Å². The van der Waals surface area contributed by atoms with Crippen molar-refractivity contribution < 1.29 is 4.57 Å². The molecule has 13 heavy (non-hydrogen) atoms. The van der Waals surface area contributed by atoms with Crippen LogP contribution in [0.2, 0.25) is 0 Å². The van der Waals surface area contributed by atoms with E-state index >= 15 is 0 Å². The van der Waals surface area contributed by atoms with Crippen LogP contribution < -0.4 is 0 Å². The van der Waals surface area contributed by atoms with E-state index in [0.717, 1.165) is 0 Å². The lowest BCUT2D eigenvalue weighted by Crippen LogP contribution is -2.05. The minimum Gasteiger partial charge on any atom is -0.272 e. The summed E-state index contributed by atoms with van der Waals surface area (Å²) in [6.45, 7) is 1.54. The Hall–Kier alpha value is -1.49. The van der Waals surface area contributed by atoms with Crippen LogP contribution in [0.5, 0.6) is 0 Å². The molecule has 2 aromatic heterocycles. The molecule has 2 aromatic rings. The van der Waals surface area contributed by atoms with Gasteiger partial charge in [0.15, 0.2) is 0 Å². The average Bonchev–Trinajstić information content (AvgIpc) is 2.78. The number of nitrogens with zero attached hydrogens (tertiary/aromatic N) is 6. The van der Waals surface area contributed by atoms with Crippen LogP contribution in [0.1, 0.15) is 0 Å². The van der Waals surface area contributed by atoms with Crippen LogP contribution in [0.4, 0.5) is 0 Å².